The molecule has 0 fully saturated rings. The van der Waals surface area contributed by atoms with Gasteiger partial charge < -0.3 is 5.32 Å². The molecule has 0 unspecified atom stereocenters. The molecule has 0 aliphatic heterocycles. The number of nitrogens with zero attached hydrogens (tertiary/aromatic N) is 4. The van der Waals surface area contributed by atoms with Crippen LogP contribution in [0, 0.1) is 6.92 Å². The molecule has 102 valence electrons. The maximum atomic E-state index is 12.1. The van der Waals surface area contributed by atoms with Gasteiger partial charge in [-0.2, -0.15) is 5.10 Å². The van der Waals surface area contributed by atoms with Gasteiger partial charge in [-0.15, -0.1) is 11.3 Å². The Hall–Kier alpha value is -1.76. The van der Waals surface area contributed by atoms with Gasteiger partial charge in [-0.1, -0.05) is 6.92 Å². The van der Waals surface area contributed by atoms with E-state index in [2.05, 4.69) is 20.4 Å². The summed E-state index contributed by atoms with van der Waals surface area (Å²) in [7, 11) is 0. The van der Waals surface area contributed by atoms with E-state index in [4.69, 9.17) is 0 Å². The predicted molar refractivity (Wildman–Crippen MR) is 73.0 cm³/mol. The van der Waals surface area contributed by atoms with Crippen molar-refractivity contribution in [3.8, 4) is 0 Å². The first-order valence-corrected chi connectivity index (χ1v) is 7.14. The summed E-state index contributed by atoms with van der Waals surface area (Å²) >= 11 is 1.47. The lowest BCUT2D eigenvalue weighted by atomic mass is 10.2. The number of carbonyl (C=O) groups is 1. The van der Waals surface area contributed by atoms with Crippen LogP contribution < -0.4 is 5.32 Å². The van der Waals surface area contributed by atoms with Crippen molar-refractivity contribution >= 4 is 17.2 Å². The van der Waals surface area contributed by atoms with Crippen LogP contribution in [0.3, 0.4) is 0 Å². The van der Waals surface area contributed by atoms with E-state index >= 15 is 0 Å². The van der Waals surface area contributed by atoms with E-state index in [1.54, 1.807) is 10.1 Å². The minimum absolute atomic E-state index is 0.142. The van der Waals surface area contributed by atoms with Crippen molar-refractivity contribution in [3.05, 3.63) is 28.2 Å². The van der Waals surface area contributed by atoms with Crippen molar-refractivity contribution < 1.29 is 4.79 Å². The van der Waals surface area contributed by atoms with Crippen LogP contribution in [-0.4, -0.2) is 25.7 Å². The molecule has 1 N–H and O–H groups in total. The molecule has 0 radical (unpaired) electrons. The number of amides is 1. The van der Waals surface area contributed by atoms with Crippen molar-refractivity contribution in [3.63, 3.8) is 0 Å². The van der Waals surface area contributed by atoms with E-state index < -0.39 is 0 Å². The molecule has 2 aromatic rings. The molecule has 0 spiro atoms. The number of rotatable bonds is 5. The second kappa shape index (κ2) is 5.92. The fourth-order valence-corrected chi connectivity index (χ4v) is 2.43. The van der Waals surface area contributed by atoms with E-state index in [0.717, 1.165) is 23.8 Å². The number of nitrogens with one attached hydrogen (secondary N) is 1. The van der Waals surface area contributed by atoms with E-state index in [1.807, 2.05) is 20.8 Å². The molecule has 19 heavy (non-hydrogen) atoms. The largest absolute Gasteiger partial charge is 0.341 e. The summed E-state index contributed by atoms with van der Waals surface area (Å²) in [6.07, 6.45) is 2.27. The summed E-state index contributed by atoms with van der Waals surface area (Å²) in [5, 5.41) is 9.73. The molecular formula is C12H17N5OS. The molecule has 1 amide bonds. The summed E-state index contributed by atoms with van der Waals surface area (Å²) in [5.41, 5.74) is 0.462. The predicted octanol–water partition coefficient (Wildman–Crippen LogP) is 1.94. The highest BCUT2D eigenvalue weighted by molar-refractivity contribution is 7.09. The summed E-state index contributed by atoms with van der Waals surface area (Å²) in [5.74, 6) is 0.618. The molecule has 7 heteroatoms. The van der Waals surface area contributed by atoms with E-state index in [1.165, 1.54) is 17.7 Å². The maximum Gasteiger partial charge on any atom is 0.271 e. The Kier molecular flexibility index (Phi) is 4.26. The summed E-state index contributed by atoms with van der Waals surface area (Å²) < 4.78 is 1.79. The van der Waals surface area contributed by atoms with Gasteiger partial charge in [0.15, 0.2) is 0 Å². The fraction of sp³-hybridized carbons (Fsp3) is 0.500. The smallest absolute Gasteiger partial charge is 0.271 e. The first-order chi connectivity index (χ1) is 9.15. The van der Waals surface area contributed by atoms with Crippen molar-refractivity contribution in [1.29, 1.82) is 0 Å². The zero-order valence-corrected chi connectivity index (χ0v) is 12.1. The van der Waals surface area contributed by atoms with Crippen molar-refractivity contribution in [2.24, 2.45) is 0 Å². The number of carbonyl (C=O) groups excluding carboxylic acids is 1. The normalized spacial score (nSPS) is 12.4. The minimum Gasteiger partial charge on any atom is -0.341 e. The van der Waals surface area contributed by atoms with Gasteiger partial charge in [-0.05, 0) is 20.3 Å². The molecule has 0 aliphatic rings. The van der Waals surface area contributed by atoms with E-state index in [-0.39, 0.29) is 11.9 Å². The molecular weight excluding hydrogens is 262 g/mol. The molecule has 1 atom stereocenters. The lowest BCUT2D eigenvalue weighted by Gasteiger charge is -2.16. The monoisotopic (exact) mass is 279 g/mol. The van der Waals surface area contributed by atoms with Gasteiger partial charge in [0, 0.05) is 11.9 Å². The molecule has 0 bridgehead atoms. The van der Waals surface area contributed by atoms with Crippen LogP contribution in [0.4, 0.5) is 0 Å². The number of aryl methyl sites for hydroxylation is 2. The number of aromatic nitrogens is 4. The minimum atomic E-state index is -0.165. The quantitative estimate of drug-likeness (QED) is 0.908. The average Bonchev–Trinajstić information content (AvgIpc) is 3.03. The van der Waals surface area contributed by atoms with Crippen LogP contribution in [-0.2, 0) is 6.54 Å². The third-order valence-corrected chi connectivity index (χ3v) is 3.60. The lowest BCUT2D eigenvalue weighted by Crippen LogP contribution is -2.30. The average molecular weight is 279 g/mol. The molecule has 2 rings (SSSR count). The Morgan fingerprint density at radius 3 is 2.89 bits per heavy atom. The maximum absolute atomic E-state index is 12.1. The Morgan fingerprint density at radius 1 is 1.53 bits per heavy atom. The topological polar surface area (TPSA) is 72.7 Å². The third kappa shape index (κ3) is 2.98. The van der Waals surface area contributed by atoms with Crippen LogP contribution in [0.15, 0.2) is 11.7 Å². The molecule has 6 nitrogen and oxygen atoms in total. The first kappa shape index (κ1) is 13.7. The van der Waals surface area contributed by atoms with Gasteiger partial charge in [-0.25, -0.2) is 14.6 Å². The highest BCUT2D eigenvalue weighted by Crippen LogP contribution is 2.15. The van der Waals surface area contributed by atoms with Crippen LogP contribution in [0.2, 0.25) is 0 Å². The highest BCUT2D eigenvalue weighted by Gasteiger charge is 2.19. The zero-order chi connectivity index (χ0) is 13.8. The van der Waals surface area contributed by atoms with Gasteiger partial charge in [0.05, 0.1) is 11.0 Å². The zero-order valence-electron chi connectivity index (χ0n) is 11.3. The molecule has 2 heterocycles. The van der Waals surface area contributed by atoms with E-state index in [0.29, 0.717) is 5.69 Å². The number of thiazole rings is 1. The van der Waals surface area contributed by atoms with Crippen LogP contribution >= 0.6 is 11.3 Å². The number of hydrogen-bond acceptors (Lipinski definition) is 5. The first-order valence-electron chi connectivity index (χ1n) is 6.26. The summed E-state index contributed by atoms with van der Waals surface area (Å²) in [6.45, 7) is 6.62. The summed E-state index contributed by atoms with van der Waals surface area (Å²) in [4.78, 5) is 20.5. The van der Waals surface area contributed by atoms with Crippen LogP contribution in [0.25, 0.3) is 0 Å². The van der Waals surface area contributed by atoms with Crippen molar-refractivity contribution in [1.82, 2.24) is 25.1 Å². The van der Waals surface area contributed by atoms with Crippen LogP contribution in [0.1, 0.15) is 47.6 Å². The Labute approximate surface area is 115 Å². The van der Waals surface area contributed by atoms with Gasteiger partial charge in [0.2, 0.25) is 0 Å². The summed E-state index contributed by atoms with van der Waals surface area (Å²) in [6, 6.07) is -0.142. The van der Waals surface area contributed by atoms with Crippen molar-refractivity contribution in [2.45, 2.75) is 39.8 Å². The molecule has 0 aromatic carbocycles. The van der Waals surface area contributed by atoms with E-state index in [9.17, 15) is 4.79 Å². The van der Waals surface area contributed by atoms with Gasteiger partial charge in [-0.3, -0.25) is 4.79 Å². The van der Waals surface area contributed by atoms with Crippen LogP contribution in [0.5, 0.6) is 0 Å². The van der Waals surface area contributed by atoms with Crippen molar-refractivity contribution in [2.75, 3.05) is 0 Å². The van der Waals surface area contributed by atoms with Gasteiger partial charge >= 0.3 is 0 Å². The Morgan fingerprint density at radius 2 is 2.32 bits per heavy atom. The third-order valence-electron chi connectivity index (χ3n) is 2.82. The Bertz CT molecular complexity index is 562. The molecule has 0 saturated heterocycles. The standard InChI is InChI=1S/C12H17N5OS/c1-4-9(11-13-7-14-17(11)5-2)16-12(18)10-6-19-8(3)15-10/h6-7,9H,4-5H2,1-3H3,(H,16,18)/t9-/m0/s1. The number of hydrogen-bond donors (Lipinski definition) is 1. The molecule has 2 aromatic heterocycles. The van der Waals surface area contributed by atoms with Gasteiger partial charge in [0.1, 0.15) is 17.8 Å². The lowest BCUT2D eigenvalue weighted by molar-refractivity contribution is 0.0928. The Balaban J connectivity index is 2.13. The molecule has 0 saturated carbocycles. The SMILES string of the molecule is CC[C@H](NC(=O)c1csc(C)n1)c1ncnn1CC. The second-order valence-electron chi connectivity index (χ2n) is 4.12. The second-order valence-corrected chi connectivity index (χ2v) is 5.18. The fourth-order valence-electron chi connectivity index (χ4n) is 1.84. The highest BCUT2D eigenvalue weighted by atomic mass is 32.1. The van der Waals surface area contributed by atoms with Gasteiger partial charge in [0.25, 0.3) is 5.91 Å². The molecule has 0 aliphatic carbocycles.